The van der Waals surface area contributed by atoms with Crippen LogP contribution in [-0.2, 0) is 6.42 Å². The number of nitrogens with zero attached hydrogens (tertiary/aromatic N) is 1. The Morgan fingerprint density at radius 2 is 1.46 bits per heavy atom. The Morgan fingerprint density at radius 3 is 2.00 bits per heavy atom. The first-order valence-corrected chi connectivity index (χ1v) is 9.16. The summed E-state index contributed by atoms with van der Waals surface area (Å²) < 4.78 is 0. The molecule has 3 aromatic carbocycles. The molecule has 0 fully saturated rings. The number of rotatable bonds is 5. The minimum absolute atomic E-state index is 0.827. The number of thiocarbonyl (C=S) groups is 1. The van der Waals surface area contributed by atoms with E-state index in [1.165, 1.54) is 27.8 Å². The highest BCUT2D eigenvalue weighted by atomic mass is 32.1. The van der Waals surface area contributed by atoms with Crippen molar-refractivity contribution in [3.8, 4) is 11.1 Å². The van der Waals surface area contributed by atoms with E-state index in [9.17, 15) is 0 Å². The second kappa shape index (κ2) is 8.53. The molecule has 0 aliphatic heterocycles. The maximum atomic E-state index is 4.63. The van der Waals surface area contributed by atoms with E-state index in [4.69, 9.17) is 0 Å². The van der Waals surface area contributed by atoms with Crippen molar-refractivity contribution in [3.63, 3.8) is 0 Å². The molecule has 0 radical (unpaired) electrons. The first-order chi connectivity index (χ1) is 12.7. The molecule has 0 aliphatic carbocycles. The van der Waals surface area contributed by atoms with E-state index in [-0.39, 0.29) is 0 Å². The van der Waals surface area contributed by atoms with Crippen molar-refractivity contribution >= 4 is 34.7 Å². The predicted molar refractivity (Wildman–Crippen MR) is 116 cm³/mol. The van der Waals surface area contributed by atoms with Crippen molar-refractivity contribution in [3.05, 3.63) is 89.5 Å². The smallest absolute Gasteiger partial charge is 0.0739 e. The molecule has 0 bridgehead atoms. The Hall–Kier alpha value is -2.80. The summed E-state index contributed by atoms with van der Waals surface area (Å²) in [7, 11) is 0. The zero-order valence-corrected chi connectivity index (χ0v) is 15.9. The van der Waals surface area contributed by atoms with Gasteiger partial charge in [-0.15, -0.1) is 0 Å². The lowest BCUT2D eigenvalue weighted by molar-refractivity contribution is 1.14. The molecule has 2 heteroatoms. The van der Waals surface area contributed by atoms with E-state index in [0.29, 0.717) is 0 Å². The Labute approximate surface area is 160 Å². The van der Waals surface area contributed by atoms with Crippen molar-refractivity contribution in [2.45, 2.75) is 20.3 Å². The Balaban J connectivity index is 1.79. The highest BCUT2D eigenvalue weighted by Gasteiger charge is 2.01. The van der Waals surface area contributed by atoms with Gasteiger partial charge in [-0.1, -0.05) is 73.7 Å². The van der Waals surface area contributed by atoms with Gasteiger partial charge < -0.3 is 0 Å². The zero-order valence-electron chi connectivity index (χ0n) is 15.1. The fourth-order valence-electron chi connectivity index (χ4n) is 2.89. The van der Waals surface area contributed by atoms with Crippen LogP contribution in [0.5, 0.6) is 0 Å². The van der Waals surface area contributed by atoms with Gasteiger partial charge in [0.15, 0.2) is 0 Å². The number of aryl methyl sites for hydroxylation is 1. The summed E-state index contributed by atoms with van der Waals surface area (Å²) in [5.74, 6) is 0. The van der Waals surface area contributed by atoms with Crippen LogP contribution >= 0.6 is 12.2 Å². The largest absolute Gasteiger partial charge is 0.195 e. The second-order valence-corrected chi connectivity index (χ2v) is 6.43. The average Bonchev–Trinajstić information content (AvgIpc) is 2.70. The molecular formula is C24H21NS. The molecule has 0 atom stereocenters. The van der Waals surface area contributed by atoms with Crippen molar-refractivity contribution in [2.24, 2.45) is 4.99 Å². The van der Waals surface area contributed by atoms with Crippen molar-refractivity contribution in [2.75, 3.05) is 0 Å². The number of hydrogen-bond acceptors (Lipinski definition) is 2. The maximum absolute atomic E-state index is 4.63. The van der Waals surface area contributed by atoms with Gasteiger partial charge in [0.1, 0.15) is 0 Å². The van der Waals surface area contributed by atoms with Gasteiger partial charge in [0.2, 0.25) is 0 Å². The number of benzene rings is 3. The first kappa shape index (κ1) is 18.0. The third-order valence-electron chi connectivity index (χ3n) is 4.49. The molecule has 0 amide bonds. The normalized spacial score (nSPS) is 11.1. The standard InChI is InChI=1S/C24H21NS/c1-3-19-4-8-22(9-5-19)23-12-10-21(11-13-23)18(2)16-20-6-14-24(15-7-20)25-17-26/h4-16H,3H2,1-2H3/b18-16+. The molecule has 0 spiro atoms. The van der Waals surface area contributed by atoms with Crippen LogP contribution in [0, 0.1) is 0 Å². The van der Waals surface area contributed by atoms with E-state index in [2.05, 4.69) is 90.8 Å². The van der Waals surface area contributed by atoms with Gasteiger partial charge in [0.05, 0.1) is 10.8 Å². The molecule has 0 aliphatic rings. The van der Waals surface area contributed by atoms with E-state index in [1.54, 1.807) is 0 Å². The van der Waals surface area contributed by atoms with E-state index in [0.717, 1.165) is 17.7 Å². The highest BCUT2D eigenvalue weighted by molar-refractivity contribution is 7.78. The van der Waals surface area contributed by atoms with Gasteiger partial charge in [-0.3, -0.25) is 0 Å². The summed E-state index contributed by atoms with van der Waals surface area (Å²) in [6.45, 7) is 4.31. The van der Waals surface area contributed by atoms with Gasteiger partial charge in [0.25, 0.3) is 0 Å². The van der Waals surface area contributed by atoms with Gasteiger partial charge in [-0.25, -0.2) is 0 Å². The van der Waals surface area contributed by atoms with Crippen LogP contribution in [0.25, 0.3) is 22.8 Å². The average molecular weight is 356 g/mol. The summed E-state index contributed by atoms with van der Waals surface area (Å²) in [5.41, 5.74) is 8.28. The number of aliphatic imine (C=N–C) groups is 1. The Kier molecular flexibility index (Phi) is 5.91. The molecule has 0 saturated carbocycles. The van der Waals surface area contributed by atoms with Crippen LogP contribution in [0.1, 0.15) is 30.5 Å². The number of hydrogen-bond donors (Lipinski definition) is 0. The summed E-state index contributed by atoms with van der Waals surface area (Å²) in [6, 6.07) is 25.5. The summed E-state index contributed by atoms with van der Waals surface area (Å²) in [5, 5.41) is 2.39. The van der Waals surface area contributed by atoms with Crippen LogP contribution in [0.4, 0.5) is 5.69 Å². The zero-order chi connectivity index (χ0) is 18.4. The minimum Gasteiger partial charge on any atom is -0.195 e. The summed E-state index contributed by atoms with van der Waals surface area (Å²) in [6.07, 6.45) is 3.25. The fourth-order valence-corrected chi connectivity index (χ4v) is 2.99. The third-order valence-corrected chi connectivity index (χ3v) is 4.58. The monoisotopic (exact) mass is 355 g/mol. The molecular weight excluding hydrogens is 334 g/mol. The van der Waals surface area contributed by atoms with Crippen LogP contribution in [0.15, 0.2) is 77.8 Å². The van der Waals surface area contributed by atoms with Crippen LogP contribution in [-0.4, -0.2) is 5.16 Å². The highest BCUT2D eigenvalue weighted by Crippen LogP contribution is 2.24. The Bertz CT molecular complexity index is 943. The number of isothiocyanates is 1. The first-order valence-electron chi connectivity index (χ1n) is 8.75. The molecule has 0 heterocycles. The lowest BCUT2D eigenvalue weighted by Gasteiger charge is -2.06. The topological polar surface area (TPSA) is 12.4 Å². The lowest BCUT2D eigenvalue weighted by Crippen LogP contribution is -1.84. The molecule has 0 unspecified atom stereocenters. The predicted octanol–water partition coefficient (Wildman–Crippen LogP) is 7.21. The van der Waals surface area contributed by atoms with E-state index < -0.39 is 0 Å². The quantitative estimate of drug-likeness (QED) is 0.267. The Morgan fingerprint density at radius 1 is 0.885 bits per heavy atom. The van der Waals surface area contributed by atoms with Gasteiger partial charge in [0, 0.05) is 0 Å². The molecule has 128 valence electrons. The van der Waals surface area contributed by atoms with Gasteiger partial charge in [-0.2, -0.15) is 4.99 Å². The van der Waals surface area contributed by atoms with Crippen molar-refractivity contribution in [1.29, 1.82) is 0 Å². The fraction of sp³-hybridized carbons (Fsp3) is 0.125. The van der Waals surface area contributed by atoms with E-state index in [1.807, 2.05) is 24.3 Å². The maximum Gasteiger partial charge on any atom is 0.0739 e. The molecule has 0 saturated heterocycles. The molecule has 0 N–H and O–H groups in total. The van der Waals surface area contributed by atoms with Crippen LogP contribution < -0.4 is 0 Å². The SMILES string of the molecule is CCc1ccc(-c2ccc(/C(C)=C/c3ccc(N=C=S)cc3)cc2)cc1. The molecule has 26 heavy (non-hydrogen) atoms. The lowest BCUT2D eigenvalue weighted by atomic mass is 9.99. The molecule has 0 aromatic heterocycles. The van der Waals surface area contributed by atoms with E-state index >= 15 is 0 Å². The van der Waals surface area contributed by atoms with Crippen molar-refractivity contribution < 1.29 is 0 Å². The second-order valence-electron chi connectivity index (χ2n) is 6.25. The number of allylic oxidation sites excluding steroid dienone is 1. The molecule has 3 rings (SSSR count). The molecule has 3 aromatic rings. The minimum atomic E-state index is 0.827. The summed E-state index contributed by atoms with van der Waals surface area (Å²) in [4.78, 5) is 3.98. The third kappa shape index (κ3) is 4.43. The molecule has 1 nitrogen and oxygen atoms in total. The van der Waals surface area contributed by atoms with Gasteiger partial charge in [-0.05, 0) is 71.1 Å². The van der Waals surface area contributed by atoms with Crippen LogP contribution in [0.3, 0.4) is 0 Å². The van der Waals surface area contributed by atoms with Crippen LogP contribution in [0.2, 0.25) is 0 Å². The van der Waals surface area contributed by atoms with Gasteiger partial charge >= 0.3 is 0 Å². The van der Waals surface area contributed by atoms with Crippen molar-refractivity contribution in [1.82, 2.24) is 0 Å². The summed E-state index contributed by atoms with van der Waals surface area (Å²) >= 11 is 4.63.